The number of H-pyrrole nitrogens is 1. The van der Waals surface area contributed by atoms with Crippen molar-refractivity contribution in [2.75, 3.05) is 24.2 Å². The van der Waals surface area contributed by atoms with E-state index in [1.807, 2.05) is 0 Å². The summed E-state index contributed by atoms with van der Waals surface area (Å²) in [4.78, 5) is 17.6. The standard InChI is InChI=1S/C11H20N4O2/c1-11(2,4-3-5-16)6-13-9-8(12)10(17)15-7-14-9/h7,16H,3-6,12H2,1-2H3,(H2,13,14,15,17). The average Bonchev–Trinajstić information content (AvgIpc) is 2.29. The van der Waals surface area contributed by atoms with Gasteiger partial charge in [-0.1, -0.05) is 13.8 Å². The molecule has 6 nitrogen and oxygen atoms in total. The molecule has 5 N–H and O–H groups in total. The fourth-order valence-corrected chi connectivity index (χ4v) is 1.52. The highest BCUT2D eigenvalue weighted by Gasteiger charge is 2.18. The number of aromatic amines is 1. The molecule has 0 aliphatic carbocycles. The Bertz CT molecular complexity index is 414. The Morgan fingerprint density at radius 1 is 1.59 bits per heavy atom. The van der Waals surface area contributed by atoms with Crippen LogP contribution in [0, 0.1) is 5.41 Å². The van der Waals surface area contributed by atoms with Crippen LogP contribution in [0.5, 0.6) is 0 Å². The van der Waals surface area contributed by atoms with Crippen LogP contribution in [0.3, 0.4) is 0 Å². The molecule has 1 aromatic heterocycles. The fraction of sp³-hybridized carbons (Fsp3) is 0.636. The first-order valence-electron chi connectivity index (χ1n) is 5.64. The minimum atomic E-state index is -0.337. The average molecular weight is 240 g/mol. The van der Waals surface area contributed by atoms with Crippen molar-refractivity contribution in [3.05, 3.63) is 16.7 Å². The molecule has 0 bridgehead atoms. The van der Waals surface area contributed by atoms with Crippen molar-refractivity contribution in [2.24, 2.45) is 5.41 Å². The minimum Gasteiger partial charge on any atom is -0.396 e. The van der Waals surface area contributed by atoms with Gasteiger partial charge in [0.15, 0.2) is 5.82 Å². The molecule has 0 aliphatic rings. The van der Waals surface area contributed by atoms with E-state index in [4.69, 9.17) is 10.8 Å². The quantitative estimate of drug-likeness (QED) is 0.581. The topological polar surface area (TPSA) is 104 Å². The second-order valence-corrected chi connectivity index (χ2v) is 4.84. The molecule has 0 amide bonds. The minimum absolute atomic E-state index is 0.0133. The van der Waals surface area contributed by atoms with Crippen molar-refractivity contribution in [3.8, 4) is 0 Å². The first kappa shape index (κ1) is 13.5. The lowest BCUT2D eigenvalue weighted by atomic mass is 9.88. The Kier molecular flexibility index (Phi) is 4.51. The largest absolute Gasteiger partial charge is 0.396 e. The molecule has 0 fully saturated rings. The second kappa shape index (κ2) is 5.67. The number of hydrogen-bond acceptors (Lipinski definition) is 5. The third-order valence-corrected chi connectivity index (χ3v) is 2.64. The Balaban J connectivity index is 2.61. The number of rotatable bonds is 6. The van der Waals surface area contributed by atoms with Crippen molar-refractivity contribution in [1.29, 1.82) is 0 Å². The van der Waals surface area contributed by atoms with Crippen LogP contribution < -0.4 is 16.6 Å². The van der Waals surface area contributed by atoms with Gasteiger partial charge in [0, 0.05) is 13.2 Å². The summed E-state index contributed by atoms with van der Waals surface area (Å²) in [5, 5.41) is 11.9. The van der Waals surface area contributed by atoms with Crippen LogP contribution in [0.1, 0.15) is 26.7 Å². The predicted molar refractivity (Wildman–Crippen MR) is 67.9 cm³/mol. The number of anilines is 2. The Morgan fingerprint density at radius 3 is 2.94 bits per heavy atom. The van der Waals surface area contributed by atoms with Crippen LogP contribution in [0.4, 0.5) is 11.5 Å². The highest BCUT2D eigenvalue weighted by Crippen LogP contribution is 2.23. The van der Waals surface area contributed by atoms with Crippen LogP contribution in [0.25, 0.3) is 0 Å². The molecule has 0 spiro atoms. The number of aliphatic hydroxyl groups excluding tert-OH is 1. The number of nitrogens with one attached hydrogen (secondary N) is 2. The van der Waals surface area contributed by atoms with E-state index < -0.39 is 0 Å². The van der Waals surface area contributed by atoms with E-state index in [1.54, 1.807) is 0 Å². The lowest BCUT2D eigenvalue weighted by Gasteiger charge is -2.25. The van der Waals surface area contributed by atoms with Gasteiger partial charge < -0.3 is 21.1 Å². The summed E-state index contributed by atoms with van der Waals surface area (Å²) in [5.74, 6) is 0.408. The molecule has 17 heavy (non-hydrogen) atoms. The number of nitrogens with two attached hydrogens (primary N) is 1. The van der Waals surface area contributed by atoms with Crippen molar-refractivity contribution in [2.45, 2.75) is 26.7 Å². The van der Waals surface area contributed by atoms with Crippen LogP contribution in [0.2, 0.25) is 0 Å². The van der Waals surface area contributed by atoms with Gasteiger partial charge in [0.2, 0.25) is 0 Å². The Labute approximate surface area is 100 Å². The fourth-order valence-electron chi connectivity index (χ4n) is 1.52. The van der Waals surface area contributed by atoms with Crippen LogP contribution in [-0.2, 0) is 0 Å². The zero-order chi connectivity index (χ0) is 12.9. The van der Waals surface area contributed by atoms with E-state index in [9.17, 15) is 4.79 Å². The maximum atomic E-state index is 11.2. The van der Waals surface area contributed by atoms with Gasteiger partial charge in [-0.15, -0.1) is 0 Å². The van der Waals surface area contributed by atoms with Gasteiger partial charge in [-0.05, 0) is 18.3 Å². The summed E-state index contributed by atoms with van der Waals surface area (Å²) in [6, 6.07) is 0. The molecule has 96 valence electrons. The molecule has 1 rings (SSSR count). The molecular weight excluding hydrogens is 220 g/mol. The number of aliphatic hydroxyl groups is 1. The molecule has 1 heterocycles. The lowest BCUT2D eigenvalue weighted by Crippen LogP contribution is -2.25. The van der Waals surface area contributed by atoms with Gasteiger partial charge in [0.1, 0.15) is 5.69 Å². The van der Waals surface area contributed by atoms with Crippen LogP contribution in [-0.4, -0.2) is 28.2 Å². The number of nitrogens with zero attached hydrogens (tertiary/aromatic N) is 1. The van der Waals surface area contributed by atoms with E-state index in [0.717, 1.165) is 12.8 Å². The SMILES string of the molecule is CC(C)(CCCO)CNc1nc[nH]c(=O)c1N. The highest BCUT2D eigenvalue weighted by molar-refractivity contribution is 5.58. The summed E-state index contributed by atoms with van der Waals surface area (Å²) in [5.41, 5.74) is 5.38. The van der Waals surface area contributed by atoms with Crippen molar-refractivity contribution < 1.29 is 5.11 Å². The van der Waals surface area contributed by atoms with Crippen molar-refractivity contribution in [1.82, 2.24) is 9.97 Å². The van der Waals surface area contributed by atoms with E-state index in [0.29, 0.717) is 12.4 Å². The first-order valence-corrected chi connectivity index (χ1v) is 5.64. The van der Waals surface area contributed by atoms with Gasteiger partial charge in [0.25, 0.3) is 5.56 Å². The maximum absolute atomic E-state index is 11.2. The van der Waals surface area contributed by atoms with Crippen LogP contribution >= 0.6 is 0 Å². The molecule has 1 aromatic rings. The number of hydrogen-bond donors (Lipinski definition) is 4. The molecule has 0 saturated carbocycles. The monoisotopic (exact) mass is 240 g/mol. The molecular formula is C11H20N4O2. The van der Waals surface area contributed by atoms with Gasteiger partial charge >= 0.3 is 0 Å². The van der Waals surface area contributed by atoms with Gasteiger partial charge in [-0.3, -0.25) is 4.79 Å². The summed E-state index contributed by atoms with van der Waals surface area (Å²) in [6.07, 6.45) is 2.97. The lowest BCUT2D eigenvalue weighted by molar-refractivity contribution is 0.248. The Morgan fingerprint density at radius 2 is 2.29 bits per heavy atom. The van der Waals surface area contributed by atoms with E-state index in [-0.39, 0.29) is 23.3 Å². The Hall–Kier alpha value is -1.56. The molecule has 6 heteroatoms. The van der Waals surface area contributed by atoms with E-state index in [2.05, 4.69) is 29.1 Å². The second-order valence-electron chi connectivity index (χ2n) is 4.84. The van der Waals surface area contributed by atoms with Gasteiger partial charge in [0.05, 0.1) is 6.33 Å². The maximum Gasteiger partial charge on any atom is 0.276 e. The normalized spacial score (nSPS) is 11.5. The predicted octanol–water partition coefficient (Wildman–Crippen LogP) is 0.563. The van der Waals surface area contributed by atoms with E-state index >= 15 is 0 Å². The molecule has 0 saturated heterocycles. The number of nitrogen functional groups attached to an aromatic ring is 1. The van der Waals surface area contributed by atoms with Gasteiger partial charge in [-0.2, -0.15) is 0 Å². The number of aromatic nitrogens is 2. The van der Waals surface area contributed by atoms with Crippen LogP contribution in [0.15, 0.2) is 11.1 Å². The van der Waals surface area contributed by atoms with E-state index in [1.165, 1.54) is 6.33 Å². The molecule has 0 aromatic carbocycles. The smallest absolute Gasteiger partial charge is 0.276 e. The van der Waals surface area contributed by atoms with Gasteiger partial charge in [-0.25, -0.2) is 4.98 Å². The van der Waals surface area contributed by atoms with Crippen molar-refractivity contribution >= 4 is 11.5 Å². The summed E-state index contributed by atoms with van der Waals surface area (Å²) in [6.45, 7) is 5.00. The highest BCUT2D eigenvalue weighted by atomic mass is 16.2. The first-order chi connectivity index (χ1) is 7.96. The molecule has 0 atom stereocenters. The third-order valence-electron chi connectivity index (χ3n) is 2.64. The zero-order valence-corrected chi connectivity index (χ0v) is 10.3. The zero-order valence-electron chi connectivity index (χ0n) is 10.3. The summed E-state index contributed by atoms with van der Waals surface area (Å²) in [7, 11) is 0. The third kappa shape index (κ3) is 4.07. The molecule has 0 radical (unpaired) electrons. The molecule has 0 unspecified atom stereocenters. The van der Waals surface area contributed by atoms with Crippen molar-refractivity contribution in [3.63, 3.8) is 0 Å². The molecule has 0 aliphatic heterocycles. The summed E-state index contributed by atoms with van der Waals surface area (Å²) < 4.78 is 0. The summed E-state index contributed by atoms with van der Waals surface area (Å²) >= 11 is 0.